The van der Waals surface area contributed by atoms with Crippen LogP contribution in [0.25, 0.3) is 0 Å². The number of amides is 1. The molecular weight excluding hydrogens is 296 g/mol. The van der Waals surface area contributed by atoms with Gasteiger partial charge >= 0.3 is 5.97 Å². The van der Waals surface area contributed by atoms with Gasteiger partial charge in [0.15, 0.2) is 0 Å². The van der Waals surface area contributed by atoms with Gasteiger partial charge in [0.1, 0.15) is 6.04 Å². The van der Waals surface area contributed by atoms with Crippen molar-refractivity contribution in [1.82, 2.24) is 0 Å². The third-order valence-corrected chi connectivity index (χ3v) is 3.74. The Morgan fingerprint density at radius 1 is 1.69 bits per heavy atom. The molecule has 1 rings (SSSR count). The van der Waals surface area contributed by atoms with Gasteiger partial charge in [-0.05, 0) is 22.0 Å². The quantitative estimate of drug-likeness (QED) is 0.877. The smallest absolute Gasteiger partial charge is 0.321 e. The van der Waals surface area contributed by atoms with Crippen LogP contribution in [0.4, 0.5) is 5.00 Å². The van der Waals surface area contributed by atoms with E-state index in [1.807, 2.05) is 5.38 Å². The van der Waals surface area contributed by atoms with E-state index in [1.165, 1.54) is 16.2 Å². The Balaban J connectivity index is 2.64. The number of carbonyl (C=O) groups is 2. The highest BCUT2D eigenvalue weighted by Gasteiger charge is 2.20. The fourth-order valence-corrected chi connectivity index (χ4v) is 2.42. The molecule has 0 radical (unpaired) electrons. The molecule has 0 fully saturated rings. The number of hydrogen-bond donors (Lipinski definition) is 2. The van der Waals surface area contributed by atoms with E-state index in [9.17, 15) is 9.59 Å². The number of nitrogens with zero attached hydrogens (tertiary/aromatic N) is 1. The van der Waals surface area contributed by atoms with E-state index in [1.54, 1.807) is 13.1 Å². The molecule has 0 saturated heterocycles. The molecule has 0 aliphatic carbocycles. The molecule has 3 N–H and O–H groups in total. The predicted molar refractivity (Wildman–Crippen MR) is 65.7 cm³/mol. The van der Waals surface area contributed by atoms with Gasteiger partial charge in [0, 0.05) is 16.9 Å². The van der Waals surface area contributed by atoms with Crippen LogP contribution in [0.15, 0.2) is 15.9 Å². The van der Waals surface area contributed by atoms with E-state index in [4.69, 9.17) is 10.8 Å². The van der Waals surface area contributed by atoms with Crippen LogP contribution in [0.1, 0.15) is 6.42 Å². The number of hydrogen-bond acceptors (Lipinski definition) is 4. The maximum atomic E-state index is 11.6. The molecule has 1 atom stereocenters. The van der Waals surface area contributed by atoms with Crippen molar-refractivity contribution in [1.29, 1.82) is 0 Å². The van der Waals surface area contributed by atoms with Crippen LogP contribution in [0, 0.1) is 0 Å². The molecule has 1 aromatic heterocycles. The van der Waals surface area contributed by atoms with Gasteiger partial charge < -0.3 is 15.7 Å². The lowest BCUT2D eigenvalue weighted by atomic mass is 10.2. The summed E-state index contributed by atoms with van der Waals surface area (Å²) >= 11 is 4.67. The first-order valence-corrected chi connectivity index (χ1v) is 6.08. The number of aliphatic carboxylic acids is 1. The minimum absolute atomic E-state index is 0.207. The maximum absolute atomic E-state index is 11.6. The molecular formula is C9H11BrN2O3S. The molecule has 1 aromatic rings. The molecule has 88 valence electrons. The largest absolute Gasteiger partial charge is 0.480 e. The van der Waals surface area contributed by atoms with Gasteiger partial charge in [-0.3, -0.25) is 9.59 Å². The summed E-state index contributed by atoms with van der Waals surface area (Å²) in [6, 6.07) is 0.632. The van der Waals surface area contributed by atoms with Crippen LogP contribution >= 0.6 is 27.3 Å². The van der Waals surface area contributed by atoms with Gasteiger partial charge in [0.25, 0.3) is 0 Å². The van der Waals surface area contributed by atoms with Crippen LogP contribution < -0.4 is 10.6 Å². The van der Waals surface area contributed by atoms with Gasteiger partial charge in [-0.15, -0.1) is 11.3 Å². The fraction of sp³-hybridized carbons (Fsp3) is 0.333. The van der Waals surface area contributed by atoms with Crippen LogP contribution in [0.5, 0.6) is 0 Å². The Bertz CT molecular complexity index is 407. The average molecular weight is 307 g/mol. The molecule has 0 aromatic carbocycles. The van der Waals surface area contributed by atoms with Crippen molar-refractivity contribution in [3.8, 4) is 0 Å². The third kappa shape index (κ3) is 3.29. The minimum Gasteiger partial charge on any atom is -0.480 e. The number of nitrogens with two attached hydrogens (primary N) is 1. The zero-order chi connectivity index (χ0) is 12.3. The van der Waals surface area contributed by atoms with Crippen molar-refractivity contribution in [2.75, 3.05) is 11.9 Å². The van der Waals surface area contributed by atoms with Gasteiger partial charge in [-0.2, -0.15) is 0 Å². The molecule has 16 heavy (non-hydrogen) atoms. The number of carbonyl (C=O) groups excluding carboxylic acids is 1. The standard InChI is InChI=1S/C9H11BrN2O3S/c1-12(8-2-5(10)4-16-8)7(13)3-6(11)9(14)15/h2,4,6H,3,11H2,1H3,(H,14,15). The minimum atomic E-state index is -1.17. The van der Waals surface area contributed by atoms with E-state index in [2.05, 4.69) is 15.9 Å². The van der Waals surface area contributed by atoms with E-state index >= 15 is 0 Å². The first-order chi connectivity index (χ1) is 7.41. The molecule has 0 saturated carbocycles. The zero-order valence-corrected chi connectivity index (χ0v) is 10.9. The average Bonchev–Trinajstić information content (AvgIpc) is 2.63. The van der Waals surface area contributed by atoms with E-state index in [0.717, 1.165) is 9.47 Å². The lowest BCUT2D eigenvalue weighted by Crippen LogP contribution is -2.37. The number of anilines is 1. The second-order valence-electron chi connectivity index (χ2n) is 3.20. The second-order valence-corrected chi connectivity index (χ2v) is 5.01. The van der Waals surface area contributed by atoms with Gasteiger partial charge in [0.2, 0.25) is 5.91 Å². The van der Waals surface area contributed by atoms with Crippen LogP contribution in [-0.4, -0.2) is 30.1 Å². The molecule has 0 aliphatic heterocycles. The monoisotopic (exact) mass is 306 g/mol. The van der Waals surface area contributed by atoms with Gasteiger partial charge in [0.05, 0.1) is 11.4 Å². The maximum Gasteiger partial charge on any atom is 0.321 e. The van der Waals surface area contributed by atoms with Crippen molar-refractivity contribution < 1.29 is 14.7 Å². The zero-order valence-electron chi connectivity index (χ0n) is 8.51. The molecule has 1 unspecified atom stereocenters. The summed E-state index contributed by atoms with van der Waals surface area (Å²) in [4.78, 5) is 23.5. The number of thiophene rings is 1. The van der Waals surface area contributed by atoms with E-state index in [0.29, 0.717) is 0 Å². The summed E-state index contributed by atoms with van der Waals surface area (Å²) in [6.07, 6.45) is -0.207. The van der Waals surface area contributed by atoms with Crippen molar-refractivity contribution in [3.05, 3.63) is 15.9 Å². The highest BCUT2D eigenvalue weighted by molar-refractivity contribution is 9.10. The second kappa shape index (κ2) is 5.42. The summed E-state index contributed by atoms with van der Waals surface area (Å²) in [6.45, 7) is 0. The first-order valence-electron chi connectivity index (χ1n) is 4.40. The lowest BCUT2D eigenvalue weighted by Gasteiger charge is -2.16. The number of carboxylic acid groups (broad SMARTS) is 1. The molecule has 1 heterocycles. The summed E-state index contributed by atoms with van der Waals surface area (Å²) in [5.41, 5.74) is 5.29. The van der Waals surface area contributed by atoms with Crippen LogP contribution in [0.3, 0.4) is 0 Å². The molecule has 1 amide bonds. The Labute approximate surface area is 105 Å². The Kier molecular flexibility index (Phi) is 4.45. The van der Waals surface area contributed by atoms with Crippen molar-refractivity contribution in [2.24, 2.45) is 5.73 Å². The summed E-state index contributed by atoms with van der Waals surface area (Å²) in [7, 11) is 1.59. The first kappa shape index (κ1) is 13.1. The Hall–Kier alpha value is -0.920. The van der Waals surface area contributed by atoms with Crippen LogP contribution in [0.2, 0.25) is 0 Å². The summed E-state index contributed by atoms with van der Waals surface area (Å²) in [5.74, 6) is -1.49. The molecule has 7 heteroatoms. The molecule has 0 aliphatic rings. The third-order valence-electron chi connectivity index (χ3n) is 1.97. The molecule has 0 bridgehead atoms. The van der Waals surface area contributed by atoms with E-state index in [-0.39, 0.29) is 12.3 Å². The van der Waals surface area contributed by atoms with Crippen molar-refractivity contribution >= 4 is 44.1 Å². The highest BCUT2D eigenvalue weighted by atomic mass is 79.9. The normalized spacial score (nSPS) is 12.2. The number of rotatable bonds is 4. The Morgan fingerprint density at radius 2 is 2.31 bits per heavy atom. The highest BCUT2D eigenvalue weighted by Crippen LogP contribution is 2.27. The SMILES string of the molecule is CN(C(=O)CC(N)C(=O)O)c1cc(Br)cs1. The molecule has 5 nitrogen and oxygen atoms in total. The fourth-order valence-electron chi connectivity index (χ4n) is 1.01. The van der Waals surface area contributed by atoms with Gasteiger partial charge in [-0.1, -0.05) is 0 Å². The van der Waals surface area contributed by atoms with Crippen LogP contribution in [-0.2, 0) is 9.59 Å². The van der Waals surface area contributed by atoms with Crippen molar-refractivity contribution in [3.63, 3.8) is 0 Å². The van der Waals surface area contributed by atoms with Crippen molar-refractivity contribution in [2.45, 2.75) is 12.5 Å². The van der Waals surface area contributed by atoms with Gasteiger partial charge in [-0.25, -0.2) is 0 Å². The summed E-state index contributed by atoms with van der Waals surface area (Å²) < 4.78 is 0.884. The summed E-state index contributed by atoms with van der Waals surface area (Å²) in [5, 5.41) is 11.2. The predicted octanol–water partition coefficient (Wildman–Crippen LogP) is 1.28. The Morgan fingerprint density at radius 3 is 2.75 bits per heavy atom. The molecule has 0 spiro atoms. The number of halogens is 1. The number of carboxylic acids is 1. The topological polar surface area (TPSA) is 83.6 Å². The lowest BCUT2D eigenvalue weighted by molar-refractivity contribution is -0.140. The van der Waals surface area contributed by atoms with E-state index < -0.39 is 12.0 Å².